The Bertz CT molecular complexity index is 803. The Kier molecular flexibility index (Phi) is 3.67. The molecule has 2 heterocycles. The molecule has 0 radical (unpaired) electrons. The van der Waals surface area contributed by atoms with Gasteiger partial charge >= 0.3 is 0 Å². The lowest BCUT2D eigenvalue weighted by molar-refractivity contribution is -0.115. The lowest BCUT2D eigenvalue weighted by atomic mass is 9.89. The molecule has 1 unspecified atom stereocenters. The van der Waals surface area contributed by atoms with Gasteiger partial charge in [-0.2, -0.15) is 0 Å². The van der Waals surface area contributed by atoms with Crippen LogP contribution in [-0.2, 0) is 4.79 Å². The van der Waals surface area contributed by atoms with Crippen molar-refractivity contribution in [1.29, 1.82) is 0 Å². The van der Waals surface area contributed by atoms with Crippen LogP contribution in [0.15, 0.2) is 12.1 Å². The van der Waals surface area contributed by atoms with Crippen LogP contribution in [0.4, 0.5) is 0 Å². The van der Waals surface area contributed by atoms with Gasteiger partial charge in [-0.1, -0.05) is 0 Å². The lowest BCUT2D eigenvalue weighted by Crippen LogP contribution is -2.23. The van der Waals surface area contributed by atoms with Gasteiger partial charge in [0.25, 0.3) is 0 Å². The van der Waals surface area contributed by atoms with Gasteiger partial charge in [-0.25, -0.2) is 0 Å². The molecular weight excluding hydrogens is 312 g/mol. The highest BCUT2D eigenvalue weighted by Crippen LogP contribution is 2.47. The first-order chi connectivity index (χ1) is 10.2. The largest absolute Gasteiger partial charge is 0.385 e. The number of rotatable bonds is 2. The molecule has 1 aliphatic carbocycles. The second kappa shape index (κ2) is 5.15. The van der Waals surface area contributed by atoms with E-state index in [1.807, 2.05) is 6.92 Å². The average Bonchev–Trinajstić information content (AvgIpc) is 2.93. The summed E-state index contributed by atoms with van der Waals surface area (Å²) in [4.78, 5) is 17.3. The van der Waals surface area contributed by atoms with Crippen LogP contribution in [0.25, 0.3) is 11.1 Å². The number of thiophene rings is 2. The molecule has 0 saturated heterocycles. The summed E-state index contributed by atoms with van der Waals surface area (Å²) in [7, 11) is 0. The summed E-state index contributed by atoms with van der Waals surface area (Å²) >= 11 is 3.41. The maximum Gasteiger partial charge on any atom is 0.167 e. The summed E-state index contributed by atoms with van der Waals surface area (Å²) < 4.78 is 0. The number of allylic oxidation sites excluding steroid dienone is 1. The summed E-state index contributed by atoms with van der Waals surface area (Å²) in [5.74, 6) is 0.0455. The smallest absolute Gasteiger partial charge is 0.167 e. The lowest BCUT2D eigenvalue weighted by Gasteiger charge is -2.21. The van der Waals surface area contributed by atoms with Crippen molar-refractivity contribution >= 4 is 39.6 Å². The third kappa shape index (κ3) is 2.39. The maximum atomic E-state index is 12.6. The molecular formula is C18H20O2S2. The predicted molar refractivity (Wildman–Crippen MR) is 94.6 cm³/mol. The monoisotopic (exact) mass is 332 g/mol. The van der Waals surface area contributed by atoms with E-state index in [9.17, 15) is 9.90 Å². The SMILES string of the molecule is Cc1cc(C2=C(c3cc(C)sc3C)C(C)(O)CC2=O)c(C)s1. The van der Waals surface area contributed by atoms with Crippen molar-refractivity contribution in [2.45, 2.75) is 46.6 Å². The van der Waals surface area contributed by atoms with Crippen molar-refractivity contribution in [2.24, 2.45) is 0 Å². The zero-order valence-corrected chi connectivity index (χ0v) is 15.2. The first-order valence-electron chi connectivity index (χ1n) is 7.36. The molecule has 2 aromatic heterocycles. The highest BCUT2D eigenvalue weighted by atomic mass is 32.1. The minimum atomic E-state index is -1.09. The first-order valence-corrected chi connectivity index (χ1v) is 8.99. The fraction of sp³-hybridized carbons (Fsp3) is 0.389. The summed E-state index contributed by atoms with van der Waals surface area (Å²) in [6.45, 7) is 9.98. The molecule has 116 valence electrons. The molecule has 0 bridgehead atoms. The Morgan fingerprint density at radius 1 is 1.00 bits per heavy atom. The van der Waals surface area contributed by atoms with Crippen LogP contribution in [0.2, 0.25) is 0 Å². The van der Waals surface area contributed by atoms with Crippen LogP contribution < -0.4 is 0 Å². The van der Waals surface area contributed by atoms with E-state index in [1.54, 1.807) is 29.6 Å². The zero-order valence-electron chi connectivity index (χ0n) is 13.5. The van der Waals surface area contributed by atoms with Crippen LogP contribution >= 0.6 is 22.7 Å². The van der Waals surface area contributed by atoms with Crippen LogP contribution in [0.1, 0.15) is 44.0 Å². The molecule has 1 atom stereocenters. The van der Waals surface area contributed by atoms with Crippen molar-refractivity contribution in [1.82, 2.24) is 0 Å². The Morgan fingerprint density at radius 2 is 1.50 bits per heavy atom. The summed E-state index contributed by atoms with van der Waals surface area (Å²) in [5, 5.41) is 10.9. The predicted octanol–water partition coefficient (Wildman–Crippen LogP) is 4.68. The quantitative estimate of drug-likeness (QED) is 0.867. The van der Waals surface area contributed by atoms with E-state index < -0.39 is 5.60 Å². The summed E-state index contributed by atoms with van der Waals surface area (Å²) in [6, 6.07) is 4.17. The molecule has 0 amide bonds. The van der Waals surface area contributed by atoms with Crippen molar-refractivity contribution in [3.63, 3.8) is 0 Å². The third-order valence-corrected chi connectivity index (χ3v) is 6.12. The van der Waals surface area contributed by atoms with Gasteiger partial charge in [0.05, 0.1) is 5.60 Å². The van der Waals surface area contributed by atoms with Crippen molar-refractivity contribution in [2.75, 3.05) is 0 Å². The van der Waals surface area contributed by atoms with Gasteiger partial charge in [-0.15, -0.1) is 22.7 Å². The molecule has 3 rings (SSSR count). The van der Waals surface area contributed by atoms with Gasteiger partial charge in [0, 0.05) is 37.1 Å². The van der Waals surface area contributed by atoms with E-state index in [2.05, 4.69) is 32.9 Å². The summed E-state index contributed by atoms with van der Waals surface area (Å²) in [5.41, 5.74) is 2.45. The zero-order chi connectivity index (χ0) is 16.2. The second-order valence-corrected chi connectivity index (χ2v) is 9.20. The highest BCUT2D eigenvalue weighted by molar-refractivity contribution is 7.12. The molecule has 0 spiro atoms. The van der Waals surface area contributed by atoms with E-state index >= 15 is 0 Å². The molecule has 0 saturated carbocycles. The van der Waals surface area contributed by atoms with Crippen LogP contribution in [0.5, 0.6) is 0 Å². The topological polar surface area (TPSA) is 37.3 Å². The number of aryl methyl sites for hydroxylation is 4. The Morgan fingerprint density at radius 3 is 1.95 bits per heavy atom. The first kappa shape index (κ1) is 15.7. The number of Topliss-reactive ketones (excluding diaryl/α,β-unsaturated/α-hetero) is 1. The average molecular weight is 332 g/mol. The number of aliphatic hydroxyl groups is 1. The molecule has 0 aliphatic heterocycles. The van der Waals surface area contributed by atoms with Crippen LogP contribution in [-0.4, -0.2) is 16.5 Å². The van der Waals surface area contributed by atoms with E-state index in [4.69, 9.17) is 0 Å². The molecule has 0 fully saturated rings. The Hall–Kier alpha value is -1.23. The van der Waals surface area contributed by atoms with Gasteiger partial charge in [0.15, 0.2) is 5.78 Å². The molecule has 2 nitrogen and oxygen atoms in total. The van der Waals surface area contributed by atoms with E-state index in [0.29, 0.717) is 5.57 Å². The van der Waals surface area contributed by atoms with E-state index in [0.717, 1.165) is 26.5 Å². The summed E-state index contributed by atoms with van der Waals surface area (Å²) in [6.07, 6.45) is 0.167. The number of hydrogen-bond donors (Lipinski definition) is 1. The second-order valence-electron chi connectivity index (χ2n) is 6.28. The number of ketones is 1. The fourth-order valence-electron chi connectivity index (χ4n) is 3.37. The van der Waals surface area contributed by atoms with Crippen molar-refractivity contribution in [3.8, 4) is 0 Å². The van der Waals surface area contributed by atoms with Crippen LogP contribution in [0, 0.1) is 27.7 Å². The standard InChI is InChI=1S/C18H20O2S2/c1-9-6-13(11(3)21-9)16-15(19)8-18(5,20)17(16)14-7-10(2)22-12(14)4/h6-7,20H,8H2,1-5H3. The minimum Gasteiger partial charge on any atom is -0.385 e. The van der Waals surface area contributed by atoms with Gasteiger partial charge < -0.3 is 5.11 Å². The molecule has 4 heteroatoms. The fourth-order valence-corrected chi connectivity index (χ4v) is 5.23. The van der Waals surface area contributed by atoms with Crippen LogP contribution in [0.3, 0.4) is 0 Å². The molecule has 1 aliphatic rings. The van der Waals surface area contributed by atoms with Gasteiger partial charge in [0.1, 0.15) is 0 Å². The van der Waals surface area contributed by atoms with Gasteiger partial charge in [-0.3, -0.25) is 4.79 Å². The number of carbonyl (C=O) groups is 1. The van der Waals surface area contributed by atoms with E-state index in [1.165, 1.54) is 9.75 Å². The third-order valence-electron chi connectivity index (χ3n) is 4.19. The minimum absolute atomic E-state index is 0.0455. The molecule has 22 heavy (non-hydrogen) atoms. The Labute approximate surface area is 139 Å². The maximum absolute atomic E-state index is 12.6. The van der Waals surface area contributed by atoms with Crippen molar-refractivity contribution in [3.05, 3.63) is 42.8 Å². The Balaban J connectivity index is 2.33. The van der Waals surface area contributed by atoms with Crippen molar-refractivity contribution < 1.29 is 9.90 Å². The molecule has 0 aromatic carbocycles. The van der Waals surface area contributed by atoms with Gasteiger partial charge in [-0.05, 0) is 57.9 Å². The normalized spacial score (nSPS) is 22.0. The number of hydrogen-bond acceptors (Lipinski definition) is 4. The van der Waals surface area contributed by atoms with Gasteiger partial charge in [0.2, 0.25) is 0 Å². The highest BCUT2D eigenvalue weighted by Gasteiger charge is 2.43. The molecule has 2 aromatic rings. The molecule has 1 N–H and O–H groups in total. The van der Waals surface area contributed by atoms with E-state index in [-0.39, 0.29) is 12.2 Å². The number of carbonyl (C=O) groups excluding carboxylic acids is 1.